The van der Waals surface area contributed by atoms with Crippen LogP contribution in [0.5, 0.6) is 0 Å². The van der Waals surface area contributed by atoms with E-state index >= 15 is 0 Å². The van der Waals surface area contributed by atoms with Crippen molar-refractivity contribution in [2.24, 2.45) is 0 Å². The summed E-state index contributed by atoms with van der Waals surface area (Å²) in [5.74, 6) is -0.546. The highest BCUT2D eigenvalue weighted by molar-refractivity contribution is 5.93. The molecular weight excluding hydrogens is 294 g/mol. The van der Waals surface area contributed by atoms with E-state index in [-0.39, 0.29) is 11.6 Å². The Morgan fingerprint density at radius 1 is 1.39 bits per heavy atom. The lowest BCUT2D eigenvalue weighted by Gasteiger charge is -2.23. The highest BCUT2D eigenvalue weighted by Crippen LogP contribution is 2.22. The number of nitrogens with zero attached hydrogens (tertiary/aromatic N) is 2. The van der Waals surface area contributed by atoms with E-state index in [1.165, 1.54) is 0 Å². The minimum Gasteiger partial charge on any atom is -0.477 e. The molecule has 0 aliphatic carbocycles. The van der Waals surface area contributed by atoms with Crippen LogP contribution in [0.15, 0.2) is 30.5 Å². The van der Waals surface area contributed by atoms with E-state index in [1.54, 1.807) is 10.9 Å². The summed E-state index contributed by atoms with van der Waals surface area (Å²) in [7, 11) is 0. The lowest BCUT2D eigenvalue weighted by Crippen LogP contribution is -2.28. The molecule has 0 saturated carbocycles. The van der Waals surface area contributed by atoms with Gasteiger partial charge in [0, 0.05) is 25.5 Å². The van der Waals surface area contributed by atoms with Crippen LogP contribution in [-0.4, -0.2) is 40.1 Å². The molecule has 6 heteroatoms. The number of aryl methyl sites for hydroxylation is 1. The van der Waals surface area contributed by atoms with E-state index in [0.717, 1.165) is 30.5 Å². The van der Waals surface area contributed by atoms with Crippen LogP contribution >= 0.6 is 0 Å². The predicted octanol–water partition coefficient (Wildman–Crippen LogP) is 2.72. The Balaban J connectivity index is 1.93. The average molecular weight is 315 g/mol. The number of para-hydroxylation sites is 1. The SMILES string of the molecule is CCc1ccccc1-n1cc(C(=O)O)c(NC2CCOCC2)n1. The van der Waals surface area contributed by atoms with Crippen LogP contribution in [0, 0.1) is 0 Å². The molecular formula is C17H21N3O3. The second-order valence-electron chi connectivity index (χ2n) is 5.65. The van der Waals surface area contributed by atoms with E-state index in [2.05, 4.69) is 17.3 Å². The second-order valence-corrected chi connectivity index (χ2v) is 5.65. The third-order valence-electron chi connectivity index (χ3n) is 4.13. The number of benzene rings is 1. The minimum atomic E-state index is -0.972. The fraction of sp³-hybridized carbons (Fsp3) is 0.412. The summed E-state index contributed by atoms with van der Waals surface area (Å²) in [5.41, 5.74) is 2.24. The van der Waals surface area contributed by atoms with Gasteiger partial charge >= 0.3 is 5.97 Å². The van der Waals surface area contributed by atoms with Gasteiger partial charge in [-0.15, -0.1) is 5.10 Å². The molecule has 1 aliphatic heterocycles. The molecule has 1 aromatic carbocycles. The zero-order valence-electron chi connectivity index (χ0n) is 13.2. The van der Waals surface area contributed by atoms with Gasteiger partial charge in [0.25, 0.3) is 0 Å². The smallest absolute Gasteiger partial charge is 0.341 e. The van der Waals surface area contributed by atoms with Crippen molar-refractivity contribution in [1.29, 1.82) is 0 Å². The monoisotopic (exact) mass is 315 g/mol. The average Bonchev–Trinajstić information content (AvgIpc) is 2.99. The standard InChI is InChI=1S/C17H21N3O3/c1-2-12-5-3-4-6-15(12)20-11-14(17(21)22)16(19-20)18-13-7-9-23-10-8-13/h3-6,11,13H,2,7-10H2,1H3,(H,18,19)(H,21,22). The maximum Gasteiger partial charge on any atom is 0.341 e. The molecule has 1 aliphatic rings. The Morgan fingerprint density at radius 2 is 2.13 bits per heavy atom. The Morgan fingerprint density at radius 3 is 2.83 bits per heavy atom. The predicted molar refractivity (Wildman–Crippen MR) is 87.4 cm³/mol. The molecule has 2 N–H and O–H groups in total. The van der Waals surface area contributed by atoms with E-state index in [0.29, 0.717) is 19.0 Å². The lowest BCUT2D eigenvalue weighted by molar-refractivity contribution is 0.0697. The summed E-state index contributed by atoms with van der Waals surface area (Å²) in [5, 5.41) is 17.2. The number of hydrogen-bond acceptors (Lipinski definition) is 4. The molecule has 2 aromatic rings. The summed E-state index contributed by atoms with van der Waals surface area (Å²) < 4.78 is 6.99. The molecule has 1 saturated heterocycles. The van der Waals surface area contributed by atoms with Crippen LogP contribution in [0.25, 0.3) is 5.69 Å². The van der Waals surface area contributed by atoms with Crippen molar-refractivity contribution in [2.45, 2.75) is 32.2 Å². The molecule has 0 atom stereocenters. The van der Waals surface area contributed by atoms with Crippen molar-refractivity contribution in [2.75, 3.05) is 18.5 Å². The van der Waals surface area contributed by atoms with Crippen molar-refractivity contribution in [1.82, 2.24) is 9.78 Å². The molecule has 6 nitrogen and oxygen atoms in total. The van der Waals surface area contributed by atoms with Gasteiger partial charge in [-0.3, -0.25) is 0 Å². The van der Waals surface area contributed by atoms with E-state index in [1.807, 2.05) is 24.3 Å². The Bertz CT molecular complexity index is 690. The third-order valence-corrected chi connectivity index (χ3v) is 4.13. The highest BCUT2D eigenvalue weighted by Gasteiger charge is 2.21. The van der Waals surface area contributed by atoms with Crippen molar-refractivity contribution < 1.29 is 14.6 Å². The van der Waals surface area contributed by atoms with E-state index < -0.39 is 5.97 Å². The zero-order valence-corrected chi connectivity index (χ0v) is 13.2. The fourth-order valence-electron chi connectivity index (χ4n) is 2.83. The molecule has 2 heterocycles. The number of carboxylic acid groups (broad SMARTS) is 1. The second kappa shape index (κ2) is 6.83. The van der Waals surface area contributed by atoms with E-state index in [4.69, 9.17) is 4.74 Å². The maximum atomic E-state index is 11.5. The van der Waals surface area contributed by atoms with Crippen LogP contribution in [0.1, 0.15) is 35.7 Å². The molecule has 0 radical (unpaired) electrons. The number of anilines is 1. The summed E-state index contributed by atoms with van der Waals surface area (Å²) >= 11 is 0. The first-order chi connectivity index (χ1) is 11.2. The van der Waals surface area contributed by atoms with Gasteiger partial charge in [-0.1, -0.05) is 25.1 Å². The van der Waals surface area contributed by atoms with Crippen LogP contribution in [-0.2, 0) is 11.2 Å². The number of nitrogens with one attached hydrogen (secondary N) is 1. The number of ether oxygens (including phenoxy) is 1. The van der Waals surface area contributed by atoms with Gasteiger partial charge in [0.2, 0.25) is 0 Å². The molecule has 1 fully saturated rings. The Hall–Kier alpha value is -2.34. The molecule has 0 bridgehead atoms. The molecule has 23 heavy (non-hydrogen) atoms. The van der Waals surface area contributed by atoms with Gasteiger partial charge < -0.3 is 15.2 Å². The number of hydrogen-bond donors (Lipinski definition) is 2. The highest BCUT2D eigenvalue weighted by atomic mass is 16.5. The van der Waals surface area contributed by atoms with Crippen molar-refractivity contribution in [3.8, 4) is 5.69 Å². The number of carboxylic acids is 1. The van der Waals surface area contributed by atoms with Crippen molar-refractivity contribution in [3.05, 3.63) is 41.6 Å². The molecule has 1 aromatic heterocycles. The largest absolute Gasteiger partial charge is 0.477 e. The van der Waals surface area contributed by atoms with Gasteiger partial charge in [0.05, 0.1) is 5.69 Å². The van der Waals surface area contributed by atoms with Crippen molar-refractivity contribution >= 4 is 11.8 Å². The van der Waals surface area contributed by atoms with Crippen LogP contribution in [0.3, 0.4) is 0 Å². The molecule has 0 spiro atoms. The minimum absolute atomic E-state index is 0.197. The summed E-state index contributed by atoms with van der Waals surface area (Å²) in [6.45, 7) is 3.46. The molecule has 3 rings (SSSR count). The molecule has 0 amide bonds. The van der Waals surface area contributed by atoms with E-state index in [9.17, 15) is 9.90 Å². The summed E-state index contributed by atoms with van der Waals surface area (Å²) in [6.07, 6.45) is 4.16. The number of rotatable bonds is 5. The van der Waals surface area contributed by atoms with Gasteiger partial charge in [-0.2, -0.15) is 0 Å². The van der Waals surface area contributed by atoms with Crippen LogP contribution in [0.2, 0.25) is 0 Å². The summed E-state index contributed by atoms with van der Waals surface area (Å²) in [4.78, 5) is 11.5. The van der Waals surface area contributed by atoms with Crippen LogP contribution in [0.4, 0.5) is 5.82 Å². The maximum absolute atomic E-state index is 11.5. The van der Waals surface area contributed by atoms with Gasteiger partial charge in [0.15, 0.2) is 5.82 Å². The van der Waals surface area contributed by atoms with Crippen LogP contribution < -0.4 is 5.32 Å². The first kappa shape index (κ1) is 15.6. The zero-order chi connectivity index (χ0) is 16.2. The number of aromatic nitrogens is 2. The molecule has 122 valence electrons. The quantitative estimate of drug-likeness (QED) is 0.887. The summed E-state index contributed by atoms with van der Waals surface area (Å²) in [6, 6.07) is 8.10. The lowest BCUT2D eigenvalue weighted by atomic mass is 10.1. The van der Waals surface area contributed by atoms with Gasteiger partial charge in [-0.05, 0) is 30.9 Å². The Labute approximate surface area is 135 Å². The first-order valence-corrected chi connectivity index (χ1v) is 7.94. The topological polar surface area (TPSA) is 76.4 Å². The molecule has 0 unspecified atom stereocenters. The van der Waals surface area contributed by atoms with Gasteiger partial charge in [0.1, 0.15) is 5.56 Å². The van der Waals surface area contributed by atoms with Crippen molar-refractivity contribution in [3.63, 3.8) is 0 Å². The normalized spacial score (nSPS) is 15.5. The Kier molecular flexibility index (Phi) is 4.62. The number of aromatic carboxylic acids is 1. The van der Waals surface area contributed by atoms with Gasteiger partial charge in [-0.25, -0.2) is 9.48 Å². The first-order valence-electron chi connectivity index (χ1n) is 7.94. The fourth-order valence-corrected chi connectivity index (χ4v) is 2.83. The number of carbonyl (C=O) groups is 1. The third kappa shape index (κ3) is 3.37.